The summed E-state index contributed by atoms with van der Waals surface area (Å²) >= 11 is 0. The third kappa shape index (κ3) is 2.87. The van der Waals surface area contributed by atoms with Gasteiger partial charge in [0.2, 0.25) is 0 Å². The van der Waals surface area contributed by atoms with E-state index in [2.05, 4.69) is 29.4 Å². The predicted molar refractivity (Wildman–Crippen MR) is 75.9 cm³/mol. The number of carbonyl (C=O) groups excluding carboxylic acids is 1. The molecule has 7 heteroatoms. The molecule has 0 aliphatic carbocycles. The lowest BCUT2D eigenvalue weighted by molar-refractivity contribution is -0.00749. The number of tetrazole rings is 1. The molecule has 0 saturated carbocycles. The lowest BCUT2D eigenvalue weighted by Gasteiger charge is -2.36. The van der Waals surface area contributed by atoms with Crippen LogP contribution in [0.1, 0.15) is 30.6 Å². The van der Waals surface area contributed by atoms with Gasteiger partial charge in [-0.1, -0.05) is 13.8 Å². The van der Waals surface area contributed by atoms with E-state index in [0.717, 1.165) is 6.42 Å². The van der Waals surface area contributed by atoms with Crippen LogP contribution in [0, 0.1) is 5.92 Å². The number of ether oxygens (including phenoxy) is 1. The third-order valence-corrected chi connectivity index (χ3v) is 3.67. The number of pyridine rings is 1. The van der Waals surface area contributed by atoms with Gasteiger partial charge < -0.3 is 9.64 Å². The Kier molecular flexibility index (Phi) is 3.83. The highest BCUT2D eigenvalue weighted by molar-refractivity contribution is 5.94. The Bertz CT molecular complexity index is 639. The van der Waals surface area contributed by atoms with E-state index in [1.165, 1.54) is 4.52 Å². The minimum atomic E-state index is 0.0151. The van der Waals surface area contributed by atoms with E-state index in [4.69, 9.17) is 4.74 Å². The Morgan fingerprint density at radius 1 is 1.48 bits per heavy atom. The van der Waals surface area contributed by atoms with Crippen LogP contribution in [0.2, 0.25) is 0 Å². The first kappa shape index (κ1) is 13.9. The van der Waals surface area contributed by atoms with Crippen LogP contribution in [0.3, 0.4) is 0 Å². The molecule has 1 atom stereocenters. The zero-order valence-corrected chi connectivity index (χ0v) is 12.3. The highest BCUT2D eigenvalue weighted by Gasteiger charge is 2.28. The summed E-state index contributed by atoms with van der Waals surface area (Å²) in [6.07, 6.45) is 2.62. The van der Waals surface area contributed by atoms with Gasteiger partial charge in [0, 0.05) is 12.7 Å². The number of hydrogen-bond acceptors (Lipinski definition) is 5. The van der Waals surface area contributed by atoms with Crippen molar-refractivity contribution in [2.24, 2.45) is 5.92 Å². The quantitative estimate of drug-likeness (QED) is 0.843. The van der Waals surface area contributed by atoms with Crippen LogP contribution in [-0.4, -0.2) is 56.6 Å². The summed E-state index contributed by atoms with van der Waals surface area (Å²) in [6, 6.07) is 3.66. The fourth-order valence-electron chi connectivity index (χ4n) is 2.70. The Hall–Kier alpha value is -2.02. The molecule has 7 nitrogen and oxygen atoms in total. The van der Waals surface area contributed by atoms with E-state index in [1.807, 2.05) is 4.90 Å². The minimum absolute atomic E-state index is 0.0151. The molecule has 1 unspecified atom stereocenters. The SMILES string of the molecule is CC(C)CC1COCCN1C(=O)c1ccc2nnnn2c1. The van der Waals surface area contributed by atoms with Gasteiger partial charge in [0.1, 0.15) is 0 Å². The van der Waals surface area contributed by atoms with Crippen molar-refractivity contribution in [3.8, 4) is 0 Å². The average molecular weight is 289 g/mol. The number of carbonyl (C=O) groups is 1. The van der Waals surface area contributed by atoms with E-state index in [1.54, 1.807) is 18.3 Å². The first-order valence-corrected chi connectivity index (χ1v) is 7.21. The van der Waals surface area contributed by atoms with Gasteiger partial charge in [-0.05, 0) is 34.9 Å². The monoisotopic (exact) mass is 289 g/mol. The van der Waals surface area contributed by atoms with Crippen LogP contribution in [-0.2, 0) is 4.74 Å². The van der Waals surface area contributed by atoms with Crippen molar-refractivity contribution in [1.82, 2.24) is 24.9 Å². The van der Waals surface area contributed by atoms with Gasteiger partial charge in [-0.15, -0.1) is 5.10 Å². The highest BCUT2D eigenvalue weighted by Crippen LogP contribution is 2.18. The molecule has 21 heavy (non-hydrogen) atoms. The van der Waals surface area contributed by atoms with Crippen LogP contribution in [0.4, 0.5) is 0 Å². The number of aromatic nitrogens is 4. The molecule has 3 heterocycles. The summed E-state index contributed by atoms with van der Waals surface area (Å²) in [7, 11) is 0. The maximum atomic E-state index is 12.7. The summed E-state index contributed by atoms with van der Waals surface area (Å²) < 4.78 is 7.04. The Morgan fingerprint density at radius 2 is 2.33 bits per heavy atom. The molecule has 0 radical (unpaired) electrons. The summed E-state index contributed by atoms with van der Waals surface area (Å²) in [5.74, 6) is 0.537. The Labute approximate surface area is 122 Å². The van der Waals surface area contributed by atoms with Gasteiger partial charge in [0.15, 0.2) is 5.65 Å². The molecule has 0 spiro atoms. The molecule has 0 aromatic carbocycles. The largest absolute Gasteiger partial charge is 0.377 e. The molecule has 2 aromatic heterocycles. The van der Waals surface area contributed by atoms with Crippen molar-refractivity contribution in [3.63, 3.8) is 0 Å². The predicted octanol–water partition coefficient (Wildman–Crippen LogP) is 1.01. The van der Waals surface area contributed by atoms with E-state index >= 15 is 0 Å². The molecule has 0 N–H and O–H groups in total. The first-order valence-electron chi connectivity index (χ1n) is 7.21. The number of nitrogens with zero attached hydrogens (tertiary/aromatic N) is 5. The van der Waals surface area contributed by atoms with E-state index in [-0.39, 0.29) is 11.9 Å². The number of amides is 1. The van der Waals surface area contributed by atoms with Crippen molar-refractivity contribution in [3.05, 3.63) is 23.9 Å². The van der Waals surface area contributed by atoms with Gasteiger partial charge in [0.05, 0.1) is 24.8 Å². The van der Waals surface area contributed by atoms with E-state index in [9.17, 15) is 4.79 Å². The molecule has 112 valence electrons. The lowest BCUT2D eigenvalue weighted by atomic mass is 10.0. The van der Waals surface area contributed by atoms with Crippen LogP contribution in [0.15, 0.2) is 18.3 Å². The van der Waals surface area contributed by atoms with Crippen molar-refractivity contribution in [2.75, 3.05) is 19.8 Å². The molecule has 1 aliphatic rings. The van der Waals surface area contributed by atoms with Crippen LogP contribution in [0.25, 0.3) is 5.65 Å². The molecule has 1 aliphatic heterocycles. The molecule has 0 bridgehead atoms. The smallest absolute Gasteiger partial charge is 0.255 e. The zero-order valence-electron chi connectivity index (χ0n) is 12.3. The summed E-state index contributed by atoms with van der Waals surface area (Å²) in [4.78, 5) is 14.7. The first-order chi connectivity index (χ1) is 10.1. The molecule has 1 saturated heterocycles. The van der Waals surface area contributed by atoms with Gasteiger partial charge in [0.25, 0.3) is 5.91 Å². The van der Waals surface area contributed by atoms with Crippen molar-refractivity contribution >= 4 is 11.6 Å². The Balaban J connectivity index is 1.84. The summed E-state index contributed by atoms with van der Waals surface area (Å²) in [5, 5.41) is 11.3. The second-order valence-electron chi connectivity index (χ2n) is 5.76. The minimum Gasteiger partial charge on any atom is -0.377 e. The number of morpholine rings is 1. The molecule has 1 fully saturated rings. The average Bonchev–Trinajstić information content (AvgIpc) is 2.94. The molecule has 2 aromatic rings. The van der Waals surface area contributed by atoms with Crippen molar-refractivity contribution < 1.29 is 9.53 Å². The fraction of sp³-hybridized carbons (Fsp3) is 0.571. The maximum Gasteiger partial charge on any atom is 0.255 e. The zero-order chi connectivity index (χ0) is 14.8. The topological polar surface area (TPSA) is 72.6 Å². The molecular weight excluding hydrogens is 270 g/mol. The summed E-state index contributed by atoms with van der Waals surface area (Å²) in [6.45, 7) is 6.14. The summed E-state index contributed by atoms with van der Waals surface area (Å²) in [5.41, 5.74) is 1.23. The van der Waals surface area contributed by atoms with Crippen LogP contribution >= 0.6 is 0 Å². The van der Waals surface area contributed by atoms with E-state index in [0.29, 0.717) is 36.9 Å². The van der Waals surface area contributed by atoms with Crippen LogP contribution < -0.4 is 0 Å². The molecule has 3 rings (SSSR count). The van der Waals surface area contributed by atoms with E-state index < -0.39 is 0 Å². The third-order valence-electron chi connectivity index (χ3n) is 3.67. The van der Waals surface area contributed by atoms with Crippen LogP contribution in [0.5, 0.6) is 0 Å². The normalized spacial score (nSPS) is 19.4. The maximum absolute atomic E-state index is 12.7. The number of fused-ring (bicyclic) bond motifs is 1. The van der Waals surface area contributed by atoms with Gasteiger partial charge >= 0.3 is 0 Å². The highest BCUT2D eigenvalue weighted by atomic mass is 16.5. The number of hydrogen-bond donors (Lipinski definition) is 0. The molecular formula is C14H19N5O2. The van der Waals surface area contributed by atoms with Crippen molar-refractivity contribution in [1.29, 1.82) is 0 Å². The number of rotatable bonds is 3. The fourth-order valence-corrected chi connectivity index (χ4v) is 2.70. The van der Waals surface area contributed by atoms with Gasteiger partial charge in [-0.2, -0.15) is 4.52 Å². The second kappa shape index (κ2) is 5.77. The lowest BCUT2D eigenvalue weighted by Crippen LogP contribution is -2.49. The van der Waals surface area contributed by atoms with Gasteiger partial charge in [-0.3, -0.25) is 4.79 Å². The standard InChI is InChI=1S/C14H19N5O2/c1-10(2)7-12-9-21-6-5-18(12)14(20)11-3-4-13-15-16-17-19(13)8-11/h3-4,8,10,12H,5-7,9H2,1-2H3. The second-order valence-corrected chi connectivity index (χ2v) is 5.76. The Morgan fingerprint density at radius 3 is 3.14 bits per heavy atom. The molecule has 1 amide bonds. The van der Waals surface area contributed by atoms with Gasteiger partial charge in [-0.25, -0.2) is 0 Å². The van der Waals surface area contributed by atoms with Crippen molar-refractivity contribution in [2.45, 2.75) is 26.3 Å².